The predicted octanol–water partition coefficient (Wildman–Crippen LogP) is 1.15. The minimum Gasteiger partial charge on any atom is -0.365 e. The molecule has 1 saturated heterocycles. The Hall–Kier alpha value is -1.73. The molecule has 1 N–H and O–H groups in total. The van der Waals surface area contributed by atoms with Gasteiger partial charge in [-0.1, -0.05) is 13.8 Å². The van der Waals surface area contributed by atoms with Crippen molar-refractivity contribution in [3.8, 4) is 0 Å². The molecule has 0 saturated carbocycles. The van der Waals surface area contributed by atoms with Crippen molar-refractivity contribution >= 4 is 5.78 Å². The average molecular weight is 324 g/mol. The maximum Gasteiger partial charge on any atom is 0.330 e. The zero-order valence-electron chi connectivity index (χ0n) is 14.0. The normalized spacial score (nSPS) is 27.3. The van der Waals surface area contributed by atoms with Crippen molar-refractivity contribution in [1.82, 2.24) is 9.55 Å². The molecule has 1 aromatic rings. The van der Waals surface area contributed by atoms with E-state index in [9.17, 15) is 14.4 Å². The largest absolute Gasteiger partial charge is 0.365 e. The number of H-pyrrole nitrogens is 1. The van der Waals surface area contributed by atoms with Crippen LogP contribution in [0.4, 0.5) is 0 Å². The van der Waals surface area contributed by atoms with E-state index in [1.807, 2.05) is 13.8 Å². The van der Waals surface area contributed by atoms with E-state index in [0.29, 0.717) is 5.56 Å². The first-order chi connectivity index (χ1) is 10.9. The van der Waals surface area contributed by atoms with Crippen LogP contribution in [0.1, 0.15) is 45.4 Å². The van der Waals surface area contributed by atoms with Gasteiger partial charge in [-0.2, -0.15) is 0 Å². The molecule has 7 heteroatoms. The summed E-state index contributed by atoms with van der Waals surface area (Å²) in [4.78, 5) is 37.3. The first-order valence-electron chi connectivity index (χ1n) is 7.97. The number of aromatic nitrogens is 2. The van der Waals surface area contributed by atoms with Gasteiger partial charge in [-0.3, -0.25) is 19.1 Å². The highest BCUT2D eigenvalue weighted by atomic mass is 16.6. The summed E-state index contributed by atoms with van der Waals surface area (Å²) in [6.07, 6.45) is 1.98. The molecule has 1 unspecified atom stereocenters. The van der Waals surface area contributed by atoms with Gasteiger partial charge in [0.2, 0.25) is 0 Å². The van der Waals surface area contributed by atoms with Crippen LogP contribution in [0.15, 0.2) is 15.8 Å². The molecule has 0 aliphatic carbocycles. The number of rotatable bonds is 6. The van der Waals surface area contributed by atoms with E-state index in [-0.39, 0.29) is 24.4 Å². The molecule has 0 bridgehead atoms. The Morgan fingerprint density at radius 2 is 2.04 bits per heavy atom. The standard InChI is InChI=1S/C16H24N2O5/c1-5-11-12(6-2)23-15(13(11)22-8-10(4)19)18-7-9(3)14(20)17-16(18)21/h7,11-13,15H,5-6,8H2,1-4H3,(H,17,20,21)/t11?,12-,13+,15-/m1/s1. The second-order valence-electron chi connectivity index (χ2n) is 6.00. The molecule has 2 heterocycles. The van der Waals surface area contributed by atoms with Crippen LogP contribution >= 0.6 is 0 Å². The van der Waals surface area contributed by atoms with Crippen molar-refractivity contribution in [1.29, 1.82) is 0 Å². The van der Waals surface area contributed by atoms with Crippen LogP contribution in [0, 0.1) is 12.8 Å². The predicted molar refractivity (Wildman–Crippen MR) is 84.5 cm³/mol. The summed E-state index contributed by atoms with van der Waals surface area (Å²) < 4.78 is 13.2. The Kier molecular flexibility index (Phi) is 5.54. The van der Waals surface area contributed by atoms with Gasteiger partial charge in [0.25, 0.3) is 5.56 Å². The number of hydrogen-bond donors (Lipinski definition) is 1. The molecule has 128 valence electrons. The van der Waals surface area contributed by atoms with Crippen molar-refractivity contribution < 1.29 is 14.3 Å². The van der Waals surface area contributed by atoms with E-state index < -0.39 is 23.6 Å². The van der Waals surface area contributed by atoms with E-state index in [1.54, 1.807) is 6.92 Å². The Labute approximate surface area is 134 Å². The third kappa shape index (κ3) is 3.61. The molecule has 1 aliphatic rings. The Morgan fingerprint density at radius 1 is 1.35 bits per heavy atom. The number of hydrogen-bond acceptors (Lipinski definition) is 5. The zero-order chi connectivity index (χ0) is 17.1. The number of ether oxygens (including phenoxy) is 2. The van der Waals surface area contributed by atoms with Gasteiger partial charge in [-0.25, -0.2) is 4.79 Å². The van der Waals surface area contributed by atoms with Gasteiger partial charge >= 0.3 is 5.69 Å². The number of Topliss-reactive ketones (excluding diaryl/α,β-unsaturated/α-hetero) is 1. The lowest BCUT2D eigenvalue weighted by atomic mass is 9.93. The van der Waals surface area contributed by atoms with Crippen LogP contribution in [-0.4, -0.2) is 34.1 Å². The Balaban J connectivity index is 2.41. The number of ketones is 1. The number of carbonyl (C=O) groups is 1. The fraction of sp³-hybridized carbons (Fsp3) is 0.688. The first-order valence-corrected chi connectivity index (χ1v) is 7.97. The smallest absolute Gasteiger partial charge is 0.330 e. The van der Waals surface area contributed by atoms with Gasteiger partial charge in [-0.05, 0) is 26.7 Å². The van der Waals surface area contributed by atoms with Gasteiger partial charge in [0, 0.05) is 17.7 Å². The first kappa shape index (κ1) is 17.6. The van der Waals surface area contributed by atoms with E-state index >= 15 is 0 Å². The SMILES string of the molecule is CCC1[C@@H](CC)O[C@@H](n2cc(C)c(=O)[nH]c2=O)[C@H]1OCC(C)=O. The minimum atomic E-state index is -0.646. The summed E-state index contributed by atoms with van der Waals surface area (Å²) in [6, 6.07) is 0. The highest BCUT2D eigenvalue weighted by Gasteiger charge is 2.45. The number of nitrogens with zero attached hydrogens (tertiary/aromatic N) is 1. The van der Waals surface area contributed by atoms with Crippen molar-refractivity contribution in [3.05, 3.63) is 32.6 Å². The van der Waals surface area contributed by atoms with Gasteiger partial charge in [0.1, 0.15) is 12.7 Å². The third-order valence-corrected chi connectivity index (χ3v) is 4.27. The molecule has 1 aromatic heterocycles. The van der Waals surface area contributed by atoms with Crippen LogP contribution in [0.5, 0.6) is 0 Å². The van der Waals surface area contributed by atoms with Crippen LogP contribution in [0.2, 0.25) is 0 Å². The molecule has 23 heavy (non-hydrogen) atoms. The van der Waals surface area contributed by atoms with E-state index in [2.05, 4.69) is 4.98 Å². The molecule has 0 radical (unpaired) electrons. The van der Waals surface area contributed by atoms with E-state index in [4.69, 9.17) is 9.47 Å². The summed E-state index contributed by atoms with van der Waals surface area (Å²) in [5.74, 6) is 0.00651. The second-order valence-corrected chi connectivity index (χ2v) is 6.00. The zero-order valence-corrected chi connectivity index (χ0v) is 14.0. The highest BCUT2D eigenvalue weighted by molar-refractivity contribution is 5.76. The second kappa shape index (κ2) is 7.23. The average Bonchev–Trinajstić information content (AvgIpc) is 2.86. The van der Waals surface area contributed by atoms with E-state index in [1.165, 1.54) is 17.7 Å². The van der Waals surface area contributed by atoms with Crippen LogP contribution in [0.3, 0.4) is 0 Å². The molecular formula is C16H24N2O5. The lowest BCUT2D eigenvalue weighted by Crippen LogP contribution is -2.38. The summed E-state index contributed by atoms with van der Waals surface area (Å²) in [5.41, 5.74) is -0.523. The maximum atomic E-state index is 12.2. The summed E-state index contributed by atoms with van der Waals surface area (Å²) in [7, 11) is 0. The van der Waals surface area contributed by atoms with Crippen molar-refractivity contribution in [2.45, 2.75) is 59.0 Å². The number of carbonyl (C=O) groups excluding carboxylic acids is 1. The van der Waals surface area contributed by atoms with Gasteiger partial charge in [0.15, 0.2) is 12.0 Å². The summed E-state index contributed by atoms with van der Waals surface area (Å²) in [5, 5.41) is 0. The quantitative estimate of drug-likeness (QED) is 0.848. The molecular weight excluding hydrogens is 300 g/mol. The molecule has 1 fully saturated rings. The molecule has 1 aliphatic heterocycles. The van der Waals surface area contributed by atoms with Crippen LogP contribution in [-0.2, 0) is 14.3 Å². The van der Waals surface area contributed by atoms with Crippen LogP contribution < -0.4 is 11.2 Å². The van der Waals surface area contributed by atoms with Gasteiger partial charge in [0.05, 0.1) is 6.10 Å². The highest BCUT2D eigenvalue weighted by Crippen LogP contribution is 2.38. The maximum absolute atomic E-state index is 12.2. The third-order valence-electron chi connectivity index (χ3n) is 4.27. The van der Waals surface area contributed by atoms with E-state index in [0.717, 1.165) is 12.8 Å². The Morgan fingerprint density at radius 3 is 2.61 bits per heavy atom. The number of aromatic amines is 1. The lowest BCUT2D eigenvalue weighted by molar-refractivity contribution is -0.127. The van der Waals surface area contributed by atoms with Crippen molar-refractivity contribution in [2.24, 2.45) is 5.92 Å². The molecule has 0 aromatic carbocycles. The molecule has 2 rings (SSSR count). The van der Waals surface area contributed by atoms with Crippen molar-refractivity contribution in [2.75, 3.05) is 6.61 Å². The topological polar surface area (TPSA) is 90.4 Å². The molecule has 7 nitrogen and oxygen atoms in total. The fourth-order valence-electron chi connectivity index (χ4n) is 3.09. The summed E-state index contributed by atoms with van der Waals surface area (Å²) in [6.45, 7) is 7.11. The molecule has 4 atom stereocenters. The lowest BCUT2D eigenvalue weighted by Gasteiger charge is -2.24. The number of aryl methyl sites for hydroxylation is 1. The fourth-order valence-corrected chi connectivity index (χ4v) is 3.09. The van der Waals surface area contributed by atoms with Crippen LogP contribution in [0.25, 0.3) is 0 Å². The molecule has 0 amide bonds. The van der Waals surface area contributed by atoms with Gasteiger partial charge < -0.3 is 9.47 Å². The van der Waals surface area contributed by atoms with Crippen molar-refractivity contribution in [3.63, 3.8) is 0 Å². The van der Waals surface area contributed by atoms with Gasteiger partial charge in [-0.15, -0.1) is 0 Å². The summed E-state index contributed by atoms with van der Waals surface area (Å²) >= 11 is 0. The minimum absolute atomic E-state index is 0.0193. The monoisotopic (exact) mass is 324 g/mol. The number of nitrogens with one attached hydrogen (secondary N) is 1. The Bertz CT molecular complexity index is 678. The molecule has 0 spiro atoms.